The van der Waals surface area contributed by atoms with Crippen molar-refractivity contribution in [1.82, 2.24) is 15.0 Å². The van der Waals surface area contributed by atoms with Gasteiger partial charge in [-0.15, -0.1) is 0 Å². The lowest BCUT2D eigenvalue weighted by atomic mass is 9.96. The maximum absolute atomic E-state index is 15.4. The summed E-state index contributed by atoms with van der Waals surface area (Å²) >= 11 is 0. The Kier molecular flexibility index (Phi) is 5.72. The molecule has 32 heavy (non-hydrogen) atoms. The van der Waals surface area contributed by atoms with Gasteiger partial charge in [0.25, 0.3) is 0 Å². The minimum absolute atomic E-state index is 0.108. The van der Waals surface area contributed by atoms with Crippen LogP contribution < -0.4 is 9.80 Å². The highest BCUT2D eigenvalue weighted by molar-refractivity contribution is 5.76. The van der Waals surface area contributed by atoms with Crippen molar-refractivity contribution in [2.75, 3.05) is 29.4 Å². The van der Waals surface area contributed by atoms with Crippen LogP contribution in [0.15, 0.2) is 36.7 Å². The lowest BCUT2D eigenvalue weighted by molar-refractivity contribution is 0.559. The maximum atomic E-state index is 15.4. The van der Waals surface area contributed by atoms with Crippen molar-refractivity contribution in [3.05, 3.63) is 59.4 Å². The smallest absolute Gasteiger partial charge is 0.227 e. The highest BCUT2D eigenvalue weighted by Crippen LogP contribution is 2.39. The van der Waals surface area contributed by atoms with Crippen molar-refractivity contribution in [3.63, 3.8) is 0 Å². The molecule has 5 nitrogen and oxygen atoms in total. The number of nitrogens with zero attached hydrogens (tertiary/aromatic N) is 5. The second-order valence-electron chi connectivity index (χ2n) is 8.42. The average molecular weight is 436 g/mol. The molecule has 0 amide bonds. The first-order chi connectivity index (χ1) is 15.7. The standard InChI is InChI=1S/C25H27F2N5/c1-2-18-21(26)9-8-19(22(18)27)23-20-7-6-16-32(17-10-12-28-13-11-17)24(20)30-25(29-23)31-14-4-3-5-15-31/h8-13H,2-7,14-16H2,1H3. The number of benzene rings is 1. The van der Waals surface area contributed by atoms with E-state index in [-0.39, 0.29) is 5.56 Å². The van der Waals surface area contributed by atoms with Crippen LogP contribution in [0.4, 0.5) is 26.2 Å². The number of fused-ring (bicyclic) bond motifs is 1. The van der Waals surface area contributed by atoms with E-state index in [1.165, 1.54) is 18.6 Å². The zero-order chi connectivity index (χ0) is 22.1. The molecule has 0 atom stereocenters. The van der Waals surface area contributed by atoms with Crippen LogP contribution in [0.2, 0.25) is 0 Å². The van der Waals surface area contributed by atoms with Crippen molar-refractivity contribution >= 4 is 17.5 Å². The van der Waals surface area contributed by atoms with Crippen LogP contribution in [-0.4, -0.2) is 34.6 Å². The van der Waals surface area contributed by atoms with E-state index in [2.05, 4.69) is 14.8 Å². The Hall–Kier alpha value is -3.09. The second-order valence-corrected chi connectivity index (χ2v) is 8.42. The van der Waals surface area contributed by atoms with Gasteiger partial charge in [-0.3, -0.25) is 4.98 Å². The summed E-state index contributed by atoms with van der Waals surface area (Å²) in [5, 5.41) is 0. The molecule has 0 bridgehead atoms. The molecule has 0 unspecified atom stereocenters. The van der Waals surface area contributed by atoms with Crippen molar-refractivity contribution in [2.45, 2.75) is 45.4 Å². The molecular weight excluding hydrogens is 408 g/mol. The predicted octanol–water partition coefficient (Wildman–Crippen LogP) is 5.45. The third-order valence-electron chi connectivity index (χ3n) is 6.45. The van der Waals surface area contributed by atoms with Crippen LogP contribution in [-0.2, 0) is 12.8 Å². The molecule has 1 saturated heterocycles. The molecule has 5 rings (SSSR count). The van der Waals surface area contributed by atoms with Crippen LogP contribution >= 0.6 is 0 Å². The summed E-state index contributed by atoms with van der Waals surface area (Å²) in [7, 11) is 0. The number of anilines is 3. The molecule has 1 aromatic carbocycles. The van der Waals surface area contributed by atoms with Crippen LogP contribution in [0, 0.1) is 11.6 Å². The van der Waals surface area contributed by atoms with E-state index in [1.54, 1.807) is 19.3 Å². The van der Waals surface area contributed by atoms with E-state index in [1.807, 2.05) is 12.1 Å². The summed E-state index contributed by atoms with van der Waals surface area (Å²) in [6.07, 6.45) is 8.87. The molecule has 2 aliphatic heterocycles. The summed E-state index contributed by atoms with van der Waals surface area (Å²) in [6.45, 7) is 4.36. The molecule has 0 saturated carbocycles. The molecule has 0 spiro atoms. The molecule has 0 N–H and O–H groups in total. The monoisotopic (exact) mass is 435 g/mol. The van der Waals surface area contributed by atoms with Crippen molar-refractivity contribution < 1.29 is 8.78 Å². The van der Waals surface area contributed by atoms with E-state index in [0.29, 0.717) is 23.6 Å². The number of pyridine rings is 1. The Morgan fingerprint density at radius 1 is 0.906 bits per heavy atom. The molecule has 4 heterocycles. The Balaban J connectivity index is 1.72. The summed E-state index contributed by atoms with van der Waals surface area (Å²) in [5.74, 6) is 0.418. The molecule has 0 radical (unpaired) electrons. The third kappa shape index (κ3) is 3.70. The molecule has 2 aromatic heterocycles. The summed E-state index contributed by atoms with van der Waals surface area (Å²) in [5.41, 5.74) is 2.97. The highest BCUT2D eigenvalue weighted by atomic mass is 19.1. The number of rotatable bonds is 4. The van der Waals surface area contributed by atoms with E-state index in [4.69, 9.17) is 9.97 Å². The number of piperidine rings is 1. The first-order valence-corrected chi connectivity index (χ1v) is 11.5. The van der Waals surface area contributed by atoms with Gasteiger partial charge in [-0.2, -0.15) is 4.98 Å². The first-order valence-electron chi connectivity index (χ1n) is 11.5. The minimum Gasteiger partial charge on any atom is -0.341 e. The van der Waals surface area contributed by atoms with Gasteiger partial charge >= 0.3 is 0 Å². The van der Waals surface area contributed by atoms with E-state index >= 15 is 4.39 Å². The fourth-order valence-corrected chi connectivity index (χ4v) is 4.77. The number of hydrogen-bond donors (Lipinski definition) is 0. The number of aromatic nitrogens is 3. The fraction of sp³-hybridized carbons (Fsp3) is 0.400. The van der Waals surface area contributed by atoms with Crippen molar-refractivity contribution in [1.29, 1.82) is 0 Å². The average Bonchev–Trinajstić information content (AvgIpc) is 2.84. The van der Waals surface area contributed by atoms with Gasteiger partial charge in [-0.25, -0.2) is 13.8 Å². The first kappa shape index (κ1) is 20.8. The topological polar surface area (TPSA) is 45.2 Å². The van der Waals surface area contributed by atoms with E-state index in [0.717, 1.165) is 62.4 Å². The number of hydrogen-bond acceptors (Lipinski definition) is 5. The SMILES string of the molecule is CCc1c(F)ccc(-c2nc(N3CCCCC3)nc3c2CCCN3c2ccncc2)c1F. The zero-order valence-electron chi connectivity index (χ0n) is 18.3. The second kappa shape index (κ2) is 8.81. The lowest BCUT2D eigenvalue weighted by Crippen LogP contribution is -2.33. The third-order valence-corrected chi connectivity index (χ3v) is 6.45. The molecular formula is C25H27F2N5. The van der Waals surface area contributed by atoms with Gasteiger partial charge in [0.05, 0.1) is 5.69 Å². The largest absolute Gasteiger partial charge is 0.341 e. The molecule has 7 heteroatoms. The Bertz CT molecular complexity index is 1110. The van der Waals surface area contributed by atoms with E-state index < -0.39 is 11.6 Å². The molecule has 3 aromatic rings. The van der Waals surface area contributed by atoms with Crippen molar-refractivity contribution in [3.8, 4) is 11.3 Å². The maximum Gasteiger partial charge on any atom is 0.227 e. The van der Waals surface area contributed by atoms with Gasteiger partial charge in [-0.05, 0) is 62.8 Å². The quantitative estimate of drug-likeness (QED) is 0.545. The van der Waals surface area contributed by atoms with Gasteiger partial charge in [0, 0.05) is 54.4 Å². The van der Waals surface area contributed by atoms with Crippen LogP contribution in [0.25, 0.3) is 11.3 Å². The Labute approximate surface area is 187 Å². The van der Waals surface area contributed by atoms with Crippen LogP contribution in [0.5, 0.6) is 0 Å². The molecule has 0 aliphatic carbocycles. The van der Waals surface area contributed by atoms with Crippen molar-refractivity contribution in [2.24, 2.45) is 0 Å². The van der Waals surface area contributed by atoms with Gasteiger partial charge in [-0.1, -0.05) is 6.92 Å². The van der Waals surface area contributed by atoms with Gasteiger partial charge in [0.2, 0.25) is 5.95 Å². The Morgan fingerprint density at radius 3 is 2.44 bits per heavy atom. The van der Waals surface area contributed by atoms with Gasteiger partial charge < -0.3 is 9.80 Å². The zero-order valence-corrected chi connectivity index (χ0v) is 18.3. The highest BCUT2D eigenvalue weighted by Gasteiger charge is 2.28. The van der Waals surface area contributed by atoms with Crippen LogP contribution in [0.1, 0.15) is 43.7 Å². The predicted molar refractivity (Wildman–Crippen MR) is 122 cm³/mol. The van der Waals surface area contributed by atoms with Gasteiger partial charge in [0.15, 0.2) is 0 Å². The molecule has 166 valence electrons. The molecule has 2 aliphatic rings. The van der Waals surface area contributed by atoms with Crippen LogP contribution in [0.3, 0.4) is 0 Å². The summed E-state index contributed by atoms with van der Waals surface area (Å²) < 4.78 is 29.7. The van der Waals surface area contributed by atoms with E-state index in [9.17, 15) is 4.39 Å². The normalized spacial score (nSPS) is 16.2. The fourth-order valence-electron chi connectivity index (χ4n) is 4.77. The van der Waals surface area contributed by atoms with Gasteiger partial charge in [0.1, 0.15) is 17.5 Å². The summed E-state index contributed by atoms with van der Waals surface area (Å²) in [6, 6.07) is 6.81. The lowest BCUT2D eigenvalue weighted by Gasteiger charge is -2.34. The number of halogens is 2. The molecule has 1 fully saturated rings. The summed E-state index contributed by atoms with van der Waals surface area (Å²) in [4.78, 5) is 18.4. The minimum atomic E-state index is -0.515. The Morgan fingerprint density at radius 2 is 1.69 bits per heavy atom.